The topological polar surface area (TPSA) is 36.9 Å². The van der Waals surface area contributed by atoms with Crippen LogP contribution in [-0.2, 0) is 19.2 Å². The van der Waals surface area contributed by atoms with Crippen molar-refractivity contribution in [3.63, 3.8) is 0 Å². The van der Waals surface area contributed by atoms with E-state index in [2.05, 4.69) is 9.78 Å². The molecule has 2 rings (SSSR count). The van der Waals surface area contributed by atoms with Crippen LogP contribution in [0.3, 0.4) is 0 Å². The highest BCUT2D eigenvalue weighted by atomic mass is 17.3. The lowest BCUT2D eigenvalue weighted by Crippen LogP contribution is -2.50. The fourth-order valence-corrected chi connectivity index (χ4v) is 0.688. The van der Waals surface area contributed by atoms with Crippen molar-refractivity contribution in [2.75, 3.05) is 13.2 Å². The van der Waals surface area contributed by atoms with Crippen LogP contribution in [0.1, 0.15) is 0 Å². The van der Waals surface area contributed by atoms with Gasteiger partial charge in [-0.1, -0.05) is 0 Å². The van der Waals surface area contributed by atoms with Crippen LogP contribution >= 0.6 is 0 Å². The maximum absolute atomic E-state index is 5.00. The molecule has 2 fully saturated rings. The predicted molar refractivity (Wildman–Crippen MR) is 21.6 cm³/mol. The van der Waals surface area contributed by atoms with Crippen molar-refractivity contribution in [2.45, 2.75) is 12.6 Å². The molecule has 4 heteroatoms. The standard InChI is InChI=1S/C4H6O4/c1-2-6-4-3(5-1)7-8-4/h3-4H,1-2H2/t3-,4+. The Kier molecular flexibility index (Phi) is 0.976. The van der Waals surface area contributed by atoms with Gasteiger partial charge in [0, 0.05) is 0 Å². The minimum absolute atomic E-state index is 0.260. The molecule has 2 atom stereocenters. The smallest absolute Gasteiger partial charge is 0.246 e. The predicted octanol–water partition coefficient (Wildman–Crippen LogP) is -0.353. The summed E-state index contributed by atoms with van der Waals surface area (Å²) in [5.41, 5.74) is 0. The zero-order valence-corrected chi connectivity index (χ0v) is 4.20. The Labute approximate surface area is 46.2 Å². The van der Waals surface area contributed by atoms with Gasteiger partial charge in [-0.15, -0.1) is 0 Å². The van der Waals surface area contributed by atoms with E-state index in [0.29, 0.717) is 13.2 Å². The van der Waals surface area contributed by atoms with Crippen molar-refractivity contribution in [1.29, 1.82) is 0 Å². The highest BCUT2D eigenvalue weighted by Gasteiger charge is 2.39. The van der Waals surface area contributed by atoms with Gasteiger partial charge in [-0.05, 0) is 0 Å². The second-order valence-corrected chi connectivity index (χ2v) is 1.67. The van der Waals surface area contributed by atoms with Crippen molar-refractivity contribution < 1.29 is 19.2 Å². The van der Waals surface area contributed by atoms with Crippen LogP contribution in [0.4, 0.5) is 0 Å². The lowest BCUT2D eigenvalue weighted by molar-refractivity contribution is -0.579. The summed E-state index contributed by atoms with van der Waals surface area (Å²) in [7, 11) is 0. The van der Waals surface area contributed by atoms with Crippen LogP contribution in [0.2, 0.25) is 0 Å². The van der Waals surface area contributed by atoms with Gasteiger partial charge in [0.1, 0.15) is 0 Å². The van der Waals surface area contributed by atoms with E-state index in [1.54, 1.807) is 0 Å². The molecule has 0 unspecified atom stereocenters. The molecule has 2 aliphatic rings. The first-order chi connectivity index (χ1) is 3.97. The maximum Gasteiger partial charge on any atom is 0.246 e. The molecule has 0 saturated carbocycles. The molecule has 0 aromatic rings. The Hall–Kier alpha value is -0.160. The number of ether oxygens (including phenoxy) is 2. The van der Waals surface area contributed by atoms with E-state index in [0.717, 1.165) is 0 Å². The van der Waals surface area contributed by atoms with Crippen LogP contribution in [0, 0.1) is 0 Å². The molecular formula is C4H6O4. The van der Waals surface area contributed by atoms with E-state index >= 15 is 0 Å². The molecule has 46 valence electrons. The van der Waals surface area contributed by atoms with Gasteiger partial charge in [0.25, 0.3) is 0 Å². The highest BCUT2D eigenvalue weighted by molar-refractivity contribution is 4.58. The number of hydrogen-bond donors (Lipinski definition) is 0. The summed E-state index contributed by atoms with van der Waals surface area (Å²) in [6, 6.07) is 0. The van der Waals surface area contributed by atoms with Gasteiger partial charge >= 0.3 is 0 Å². The van der Waals surface area contributed by atoms with E-state index in [1.165, 1.54) is 0 Å². The second-order valence-electron chi connectivity index (χ2n) is 1.67. The second kappa shape index (κ2) is 1.66. The lowest BCUT2D eigenvalue weighted by atomic mass is 10.5. The van der Waals surface area contributed by atoms with Crippen molar-refractivity contribution in [3.05, 3.63) is 0 Å². The molecule has 0 N–H and O–H groups in total. The van der Waals surface area contributed by atoms with Gasteiger partial charge in [-0.25, -0.2) is 0 Å². The Balaban J connectivity index is 1.92. The van der Waals surface area contributed by atoms with Crippen LogP contribution in [0.5, 0.6) is 0 Å². The van der Waals surface area contributed by atoms with Crippen LogP contribution in [0.25, 0.3) is 0 Å². The lowest BCUT2D eigenvalue weighted by Gasteiger charge is -2.36. The zero-order valence-electron chi connectivity index (χ0n) is 4.20. The van der Waals surface area contributed by atoms with Crippen LogP contribution in [0.15, 0.2) is 0 Å². The van der Waals surface area contributed by atoms with Crippen LogP contribution < -0.4 is 0 Å². The third kappa shape index (κ3) is 0.545. The summed E-state index contributed by atoms with van der Waals surface area (Å²) in [6.45, 7) is 1.20. The van der Waals surface area contributed by atoms with Crippen molar-refractivity contribution in [2.24, 2.45) is 0 Å². The minimum Gasteiger partial charge on any atom is -0.343 e. The van der Waals surface area contributed by atoms with Gasteiger partial charge in [-0.2, -0.15) is 9.78 Å². The molecule has 0 bridgehead atoms. The molecule has 0 spiro atoms. The quantitative estimate of drug-likeness (QED) is 0.407. The van der Waals surface area contributed by atoms with Gasteiger partial charge in [0.2, 0.25) is 12.6 Å². The van der Waals surface area contributed by atoms with Gasteiger partial charge in [-0.3, -0.25) is 0 Å². The van der Waals surface area contributed by atoms with E-state index in [4.69, 9.17) is 9.47 Å². The van der Waals surface area contributed by atoms with Gasteiger partial charge in [0.05, 0.1) is 13.2 Å². The summed E-state index contributed by atoms with van der Waals surface area (Å²) >= 11 is 0. The molecular weight excluding hydrogens is 112 g/mol. The Morgan fingerprint density at radius 3 is 1.62 bits per heavy atom. The summed E-state index contributed by atoms with van der Waals surface area (Å²) < 4.78 is 10.0. The van der Waals surface area contributed by atoms with Gasteiger partial charge in [0.15, 0.2) is 0 Å². The minimum atomic E-state index is -0.260. The third-order valence-electron chi connectivity index (χ3n) is 1.12. The first kappa shape index (κ1) is 4.69. The summed E-state index contributed by atoms with van der Waals surface area (Å²) in [6.07, 6.45) is -0.521. The molecule has 0 aliphatic carbocycles. The molecule has 0 aromatic carbocycles. The first-order valence-electron chi connectivity index (χ1n) is 2.52. The van der Waals surface area contributed by atoms with Crippen molar-refractivity contribution >= 4 is 0 Å². The average molecular weight is 118 g/mol. The fourth-order valence-electron chi connectivity index (χ4n) is 0.688. The van der Waals surface area contributed by atoms with Crippen molar-refractivity contribution in [3.8, 4) is 0 Å². The molecule has 2 aliphatic heterocycles. The molecule has 0 aromatic heterocycles. The van der Waals surface area contributed by atoms with E-state index in [9.17, 15) is 0 Å². The molecule has 2 saturated heterocycles. The summed E-state index contributed by atoms with van der Waals surface area (Å²) in [4.78, 5) is 8.97. The SMILES string of the molecule is C1CO[C@H]2OO[C@H]2O1. The summed E-state index contributed by atoms with van der Waals surface area (Å²) in [5, 5.41) is 0. The van der Waals surface area contributed by atoms with E-state index < -0.39 is 0 Å². The van der Waals surface area contributed by atoms with Crippen molar-refractivity contribution in [1.82, 2.24) is 0 Å². The first-order valence-corrected chi connectivity index (χ1v) is 2.52. The van der Waals surface area contributed by atoms with E-state index in [1.807, 2.05) is 0 Å². The zero-order chi connectivity index (χ0) is 5.40. The highest BCUT2D eigenvalue weighted by Crippen LogP contribution is 2.22. The molecule has 0 radical (unpaired) electrons. The van der Waals surface area contributed by atoms with E-state index in [-0.39, 0.29) is 12.6 Å². The monoisotopic (exact) mass is 118 g/mol. The average Bonchev–Trinajstić information content (AvgIpc) is 1.72. The maximum atomic E-state index is 5.00. The normalized spacial score (nSPS) is 45.0. The number of fused-ring (bicyclic) bond motifs is 1. The number of rotatable bonds is 0. The molecule has 2 heterocycles. The Bertz CT molecular complexity index is 82.0. The number of hydrogen-bond acceptors (Lipinski definition) is 4. The Morgan fingerprint density at radius 1 is 0.875 bits per heavy atom. The molecule has 4 nitrogen and oxygen atoms in total. The fraction of sp³-hybridized carbons (Fsp3) is 1.00. The molecule has 8 heavy (non-hydrogen) atoms. The largest absolute Gasteiger partial charge is 0.343 e. The van der Waals surface area contributed by atoms with Crippen LogP contribution in [-0.4, -0.2) is 25.8 Å². The Morgan fingerprint density at radius 2 is 1.38 bits per heavy atom. The van der Waals surface area contributed by atoms with Gasteiger partial charge < -0.3 is 9.47 Å². The summed E-state index contributed by atoms with van der Waals surface area (Å²) in [5.74, 6) is 0. The molecule has 0 amide bonds. The third-order valence-corrected chi connectivity index (χ3v) is 1.12.